The van der Waals surface area contributed by atoms with Gasteiger partial charge >= 0.3 is 21.1 Å². The Morgan fingerprint density at radius 3 is 1.89 bits per heavy atom. The van der Waals surface area contributed by atoms with Crippen LogP contribution in [0.25, 0.3) is 50.8 Å². The fourth-order valence-electron chi connectivity index (χ4n) is 6.11. The van der Waals surface area contributed by atoms with Crippen molar-refractivity contribution < 1.29 is 26.2 Å². The first-order valence-corrected chi connectivity index (χ1v) is 15.3. The Bertz CT molecular complexity index is 1920. The van der Waals surface area contributed by atoms with Crippen molar-refractivity contribution in [3.05, 3.63) is 139 Å². The van der Waals surface area contributed by atoms with Crippen molar-refractivity contribution in [1.29, 1.82) is 0 Å². The number of phenols is 1. The molecule has 4 nitrogen and oxygen atoms in total. The average Bonchev–Trinajstić information content (AvgIpc) is 3.45. The number of benzene rings is 4. The summed E-state index contributed by atoms with van der Waals surface area (Å²) in [5.74, 6) is 1.69. The quantitative estimate of drug-likeness (QED) is 0.164. The maximum absolute atomic E-state index is 10.5. The van der Waals surface area contributed by atoms with Crippen molar-refractivity contribution in [2.24, 2.45) is 0 Å². The first kappa shape index (κ1) is 34.6. The van der Waals surface area contributed by atoms with Crippen molar-refractivity contribution in [3.63, 3.8) is 0 Å². The van der Waals surface area contributed by atoms with E-state index in [4.69, 9.17) is 9.97 Å². The SMILES string of the molecule is Cc1cccc(C)c1-c1cnc(-c2[c-]c(-c3cccc(-c4ccccc4O)n3)ccc2)n1-c1c(C(C)C)cccc1C(C)C.[CH3-].[Pt+2]. The van der Waals surface area contributed by atoms with Crippen LogP contribution in [0.15, 0.2) is 103 Å². The van der Waals surface area contributed by atoms with Gasteiger partial charge in [-0.1, -0.05) is 99.5 Å². The van der Waals surface area contributed by atoms with E-state index in [1.807, 2.05) is 54.7 Å². The average molecular weight is 787 g/mol. The summed E-state index contributed by atoms with van der Waals surface area (Å²) in [5, 5.41) is 10.5. The van der Waals surface area contributed by atoms with Crippen LogP contribution in [0.3, 0.4) is 0 Å². The zero-order valence-corrected chi connectivity index (χ0v) is 29.8. The first-order valence-electron chi connectivity index (χ1n) is 15.3. The number of aryl methyl sites for hydroxylation is 2. The maximum Gasteiger partial charge on any atom is 2.00 e. The number of hydrogen-bond donors (Lipinski definition) is 1. The van der Waals surface area contributed by atoms with Gasteiger partial charge in [0.05, 0.1) is 17.2 Å². The predicted molar refractivity (Wildman–Crippen MR) is 188 cm³/mol. The Kier molecular flexibility index (Phi) is 10.9. The van der Waals surface area contributed by atoms with Crippen LogP contribution in [0, 0.1) is 27.3 Å². The van der Waals surface area contributed by atoms with Crippen LogP contribution in [0.4, 0.5) is 0 Å². The van der Waals surface area contributed by atoms with Gasteiger partial charge in [0.1, 0.15) is 5.75 Å². The third-order valence-corrected chi connectivity index (χ3v) is 8.31. The van der Waals surface area contributed by atoms with Gasteiger partial charge in [0.15, 0.2) is 0 Å². The van der Waals surface area contributed by atoms with Gasteiger partial charge in [-0.15, -0.1) is 24.3 Å². The number of aromatic nitrogens is 3. The van der Waals surface area contributed by atoms with Crippen molar-refractivity contribution in [3.8, 4) is 56.6 Å². The molecule has 0 aliphatic rings. The third kappa shape index (κ3) is 6.50. The summed E-state index contributed by atoms with van der Waals surface area (Å²) < 4.78 is 2.36. The number of pyridine rings is 1. The Balaban J connectivity index is 0.00000240. The minimum Gasteiger partial charge on any atom is -0.507 e. The minimum absolute atomic E-state index is 0. The van der Waals surface area contributed by atoms with Gasteiger partial charge in [0, 0.05) is 28.7 Å². The normalized spacial score (nSPS) is 11.0. The molecular formula is C41H41N3OPt. The molecule has 4 aromatic carbocycles. The molecule has 6 aromatic rings. The molecule has 0 saturated carbocycles. The van der Waals surface area contributed by atoms with E-state index in [1.165, 1.54) is 33.5 Å². The number of para-hydroxylation sites is 2. The van der Waals surface area contributed by atoms with E-state index in [0.717, 1.165) is 28.3 Å². The summed E-state index contributed by atoms with van der Waals surface area (Å²) in [6, 6.07) is 36.1. The van der Waals surface area contributed by atoms with Gasteiger partial charge in [-0.3, -0.25) is 9.97 Å². The Hall–Kier alpha value is -4.27. The summed E-state index contributed by atoms with van der Waals surface area (Å²) >= 11 is 0. The summed E-state index contributed by atoms with van der Waals surface area (Å²) in [7, 11) is 0. The van der Waals surface area contributed by atoms with Crippen molar-refractivity contribution >= 4 is 0 Å². The van der Waals surface area contributed by atoms with Gasteiger partial charge in [-0.2, -0.15) is 0 Å². The summed E-state index contributed by atoms with van der Waals surface area (Å²) in [5.41, 5.74) is 12.4. The second-order valence-electron chi connectivity index (χ2n) is 12.1. The topological polar surface area (TPSA) is 50.9 Å². The van der Waals surface area contributed by atoms with Gasteiger partial charge in [-0.25, -0.2) is 0 Å². The van der Waals surface area contributed by atoms with E-state index in [0.29, 0.717) is 23.1 Å². The molecule has 46 heavy (non-hydrogen) atoms. The van der Waals surface area contributed by atoms with Crippen molar-refractivity contribution in [1.82, 2.24) is 14.5 Å². The fraction of sp³-hybridized carbons (Fsp3) is 0.195. The molecule has 0 atom stereocenters. The van der Waals surface area contributed by atoms with E-state index in [1.54, 1.807) is 6.07 Å². The van der Waals surface area contributed by atoms with Crippen LogP contribution in [-0.4, -0.2) is 19.6 Å². The molecule has 236 valence electrons. The number of rotatable bonds is 7. The van der Waals surface area contributed by atoms with E-state index in [2.05, 4.69) is 94.6 Å². The Labute approximate surface area is 288 Å². The van der Waals surface area contributed by atoms with Gasteiger partial charge in [0.25, 0.3) is 0 Å². The van der Waals surface area contributed by atoms with Crippen LogP contribution < -0.4 is 0 Å². The zero-order valence-electron chi connectivity index (χ0n) is 27.6. The summed E-state index contributed by atoms with van der Waals surface area (Å²) in [6.45, 7) is 13.4. The van der Waals surface area contributed by atoms with Gasteiger partial charge in [0.2, 0.25) is 0 Å². The molecule has 0 fully saturated rings. The Morgan fingerprint density at radius 1 is 0.674 bits per heavy atom. The fourth-order valence-corrected chi connectivity index (χ4v) is 6.11. The van der Waals surface area contributed by atoms with Gasteiger partial charge in [-0.05, 0) is 66.1 Å². The molecule has 0 aliphatic heterocycles. The molecule has 6 rings (SSSR count). The second-order valence-corrected chi connectivity index (χ2v) is 12.1. The maximum atomic E-state index is 10.5. The van der Waals surface area contributed by atoms with E-state index in [-0.39, 0.29) is 34.2 Å². The van der Waals surface area contributed by atoms with Gasteiger partial charge < -0.3 is 17.1 Å². The molecule has 0 saturated heterocycles. The van der Waals surface area contributed by atoms with E-state index >= 15 is 0 Å². The molecule has 0 radical (unpaired) electrons. The smallest absolute Gasteiger partial charge is 0.507 e. The molecule has 2 aromatic heterocycles. The summed E-state index contributed by atoms with van der Waals surface area (Å²) in [6.07, 6.45) is 2.02. The predicted octanol–water partition coefficient (Wildman–Crippen LogP) is 10.8. The molecule has 0 aliphatic carbocycles. The first-order chi connectivity index (χ1) is 21.2. The second kappa shape index (κ2) is 14.4. The van der Waals surface area contributed by atoms with Crippen LogP contribution in [0.5, 0.6) is 5.75 Å². The number of hydrogen-bond acceptors (Lipinski definition) is 3. The largest absolute Gasteiger partial charge is 2.00 e. The van der Waals surface area contributed by atoms with Crippen molar-refractivity contribution in [2.45, 2.75) is 53.4 Å². The molecule has 2 heterocycles. The minimum atomic E-state index is 0. The number of imidazole rings is 1. The molecule has 0 spiro atoms. The molecule has 1 N–H and O–H groups in total. The Morgan fingerprint density at radius 2 is 1.24 bits per heavy atom. The molecule has 0 unspecified atom stereocenters. The molecule has 0 bridgehead atoms. The third-order valence-electron chi connectivity index (χ3n) is 8.31. The van der Waals surface area contributed by atoms with Crippen LogP contribution >= 0.6 is 0 Å². The van der Waals surface area contributed by atoms with Crippen LogP contribution in [0.2, 0.25) is 0 Å². The zero-order chi connectivity index (χ0) is 31.0. The van der Waals surface area contributed by atoms with Crippen LogP contribution in [-0.2, 0) is 21.1 Å². The standard InChI is InChI=1S/C40H38N3O.CH3.Pt/c1-25(2)31-18-11-19-32(26(3)4)39(31)43-36(38-27(5)13-9-14-28(38)6)24-41-40(43)30-16-10-15-29(23-30)34-20-12-21-35(42-34)33-17-7-8-22-37(33)44;;/h7-22,24-26,44H,1-6H3;1H3;/q2*-1;+2. The van der Waals surface area contributed by atoms with Crippen LogP contribution in [0.1, 0.15) is 61.8 Å². The number of phenolic OH excluding ortho intramolecular Hbond substituents is 1. The van der Waals surface area contributed by atoms with E-state index < -0.39 is 0 Å². The van der Waals surface area contributed by atoms with Crippen molar-refractivity contribution in [2.75, 3.05) is 0 Å². The monoisotopic (exact) mass is 786 g/mol. The molecule has 0 amide bonds. The molecular weight excluding hydrogens is 746 g/mol. The number of aromatic hydroxyl groups is 1. The summed E-state index contributed by atoms with van der Waals surface area (Å²) in [4.78, 5) is 10.0. The number of nitrogens with zero attached hydrogens (tertiary/aromatic N) is 3. The van der Waals surface area contributed by atoms with E-state index in [9.17, 15) is 5.11 Å². The molecule has 5 heteroatoms.